The van der Waals surface area contributed by atoms with Crippen LogP contribution in [-0.4, -0.2) is 36.1 Å². The molecule has 0 amide bonds. The third kappa shape index (κ3) is 3.17. The quantitative estimate of drug-likeness (QED) is 0.560. The van der Waals surface area contributed by atoms with Gasteiger partial charge in [0, 0.05) is 18.8 Å². The first kappa shape index (κ1) is 14.9. The molecule has 0 spiro atoms. The van der Waals surface area contributed by atoms with Gasteiger partial charge in [-0.15, -0.1) is 0 Å². The molecule has 0 aromatic carbocycles. The Hall–Kier alpha value is -1.45. The van der Waals surface area contributed by atoms with E-state index in [0.29, 0.717) is 6.42 Å². The van der Waals surface area contributed by atoms with Gasteiger partial charge in [0.1, 0.15) is 0 Å². The van der Waals surface area contributed by atoms with Gasteiger partial charge >= 0.3 is 5.69 Å². The zero-order valence-corrected chi connectivity index (χ0v) is 11.6. The molecule has 112 valence electrons. The lowest BCUT2D eigenvalue weighted by Crippen LogP contribution is -2.45. The van der Waals surface area contributed by atoms with Crippen LogP contribution in [0.15, 0.2) is 20.7 Å². The number of aliphatic hydroxyl groups is 1. The molecule has 20 heavy (non-hydrogen) atoms. The smallest absolute Gasteiger partial charge is 0.325 e. The molecule has 9 heteroatoms. The number of aromatic amines is 2. The molecule has 1 fully saturated rings. The summed E-state index contributed by atoms with van der Waals surface area (Å²) in [6, 6.07) is -0.398. The van der Waals surface area contributed by atoms with Crippen LogP contribution in [0.1, 0.15) is 25.7 Å². The van der Waals surface area contributed by atoms with Gasteiger partial charge in [0.2, 0.25) is 10.0 Å². The largest absolute Gasteiger partial charge is 0.396 e. The van der Waals surface area contributed by atoms with Crippen LogP contribution in [0.4, 0.5) is 0 Å². The van der Waals surface area contributed by atoms with Crippen molar-refractivity contribution in [2.75, 3.05) is 6.61 Å². The lowest BCUT2D eigenvalue weighted by Gasteiger charge is -2.30. The first-order valence-electron chi connectivity index (χ1n) is 6.39. The maximum atomic E-state index is 12.2. The first-order valence-corrected chi connectivity index (χ1v) is 7.87. The van der Waals surface area contributed by atoms with Gasteiger partial charge < -0.3 is 10.1 Å². The van der Waals surface area contributed by atoms with Gasteiger partial charge in [-0.3, -0.25) is 9.78 Å². The molecule has 1 aliphatic carbocycles. The fourth-order valence-electron chi connectivity index (χ4n) is 2.44. The monoisotopic (exact) mass is 303 g/mol. The number of hydrogen-bond acceptors (Lipinski definition) is 5. The zero-order chi connectivity index (χ0) is 14.8. The minimum Gasteiger partial charge on any atom is -0.396 e. The van der Waals surface area contributed by atoms with Crippen molar-refractivity contribution in [2.45, 2.75) is 36.6 Å². The molecule has 2 unspecified atom stereocenters. The molecule has 8 nitrogen and oxygen atoms in total. The van der Waals surface area contributed by atoms with Gasteiger partial charge in [-0.1, -0.05) is 12.8 Å². The summed E-state index contributed by atoms with van der Waals surface area (Å²) in [7, 11) is -4.03. The second kappa shape index (κ2) is 5.90. The van der Waals surface area contributed by atoms with Crippen molar-refractivity contribution in [3.05, 3.63) is 27.0 Å². The van der Waals surface area contributed by atoms with Gasteiger partial charge in [-0.2, -0.15) is 0 Å². The molecule has 4 N–H and O–H groups in total. The Morgan fingerprint density at radius 2 is 2.00 bits per heavy atom. The number of H-pyrrole nitrogens is 2. The second-order valence-electron chi connectivity index (χ2n) is 4.89. The summed E-state index contributed by atoms with van der Waals surface area (Å²) >= 11 is 0. The van der Waals surface area contributed by atoms with E-state index in [-0.39, 0.29) is 12.5 Å². The normalized spacial score (nSPS) is 23.6. The molecule has 1 aromatic rings. The van der Waals surface area contributed by atoms with Crippen LogP contribution < -0.4 is 16.0 Å². The second-order valence-corrected chi connectivity index (χ2v) is 6.57. The van der Waals surface area contributed by atoms with Crippen LogP contribution in [0, 0.1) is 5.92 Å². The molecule has 1 heterocycles. The fraction of sp³-hybridized carbons (Fsp3) is 0.636. The number of hydrogen-bond donors (Lipinski definition) is 4. The van der Waals surface area contributed by atoms with Crippen LogP contribution in [0.3, 0.4) is 0 Å². The van der Waals surface area contributed by atoms with Crippen LogP contribution in [0.5, 0.6) is 0 Å². The van der Waals surface area contributed by atoms with E-state index in [1.807, 2.05) is 4.98 Å². The predicted molar refractivity (Wildman–Crippen MR) is 70.8 cm³/mol. The van der Waals surface area contributed by atoms with Gasteiger partial charge in [0.25, 0.3) is 5.56 Å². The summed E-state index contributed by atoms with van der Waals surface area (Å²) in [5.41, 5.74) is -1.72. The van der Waals surface area contributed by atoms with E-state index < -0.39 is 32.2 Å². The number of aliphatic hydroxyl groups excluding tert-OH is 1. The summed E-state index contributed by atoms with van der Waals surface area (Å²) in [5, 5.41) is 9.27. The average molecular weight is 303 g/mol. The molecule has 2 rings (SSSR count). The Morgan fingerprint density at radius 3 is 2.65 bits per heavy atom. The van der Waals surface area contributed by atoms with Crippen LogP contribution in [0.25, 0.3) is 0 Å². The Morgan fingerprint density at radius 1 is 1.30 bits per heavy atom. The maximum Gasteiger partial charge on any atom is 0.325 e. The van der Waals surface area contributed by atoms with Crippen molar-refractivity contribution in [1.29, 1.82) is 0 Å². The van der Waals surface area contributed by atoms with Gasteiger partial charge in [-0.05, 0) is 18.8 Å². The molecule has 2 atom stereocenters. The van der Waals surface area contributed by atoms with E-state index in [1.165, 1.54) is 0 Å². The molecule has 1 aliphatic rings. The van der Waals surface area contributed by atoms with Gasteiger partial charge in [0.15, 0.2) is 4.90 Å². The molecule has 0 radical (unpaired) electrons. The lowest BCUT2D eigenvalue weighted by atomic mass is 9.86. The molecular formula is C11H17N3O5S. The number of aromatic nitrogens is 2. The highest BCUT2D eigenvalue weighted by Gasteiger charge is 2.30. The minimum atomic E-state index is -4.03. The van der Waals surface area contributed by atoms with Gasteiger partial charge in [-0.25, -0.2) is 17.9 Å². The first-order chi connectivity index (χ1) is 9.44. The number of rotatable bonds is 4. The van der Waals surface area contributed by atoms with E-state index in [0.717, 1.165) is 25.5 Å². The fourth-order valence-corrected chi connectivity index (χ4v) is 3.79. The van der Waals surface area contributed by atoms with E-state index in [1.54, 1.807) is 0 Å². The minimum absolute atomic E-state index is 0.102. The van der Waals surface area contributed by atoms with E-state index in [2.05, 4.69) is 9.71 Å². The van der Waals surface area contributed by atoms with Crippen LogP contribution >= 0.6 is 0 Å². The highest BCUT2D eigenvalue weighted by molar-refractivity contribution is 7.89. The maximum absolute atomic E-state index is 12.2. The summed E-state index contributed by atoms with van der Waals surface area (Å²) in [5.74, 6) is -0.152. The van der Waals surface area contributed by atoms with Crippen molar-refractivity contribution in [1.82, 2.24) is 14.7 Å². The molecule has 0 bridgehead atoms. The summed E-state index contributed by atoms with van der Waals surface area (Å²) in [6.07, 6.45) is 4.05. The molecule has 1 aromatic heterocycles. The van der Waals surface area contributed by atoms with Crippen molar-refractivity contribution in [3.63, 3.8) is 0 Å². The summed E-state index contributed by atoms with van der Waals surface area (Å²) < 4.78 is 26.8. The highest BCUT2D eigenvalue weighted by Crippen LogP contribution is 2.25. The van der Waals surface area contributed by atoms with Crippen molar-refractivity contribution < 1.29 is 13.5 Å². The lowest BCUT2D eigenvalue weighted by molar-refractivity contribution is 0.164. The predicted octanol–water partition coefficient (Wildman–Crippen LogP) is -1.11. The third-order valence-corrected chi connectivity index (χ3v) is 5.02. The van der Waals surface area contributed by atoms with E-state index in [4.69, 9.17) is 0 Å². The van der Waals surface area contributed by atoms with Crippen molar-refractivity contribution >= 4 is 10.0 Å². The molecule has 1 saturated carbocycles. The average Bonchev–Trinajstić information content (AvgIpc) is 2.38. The van der Waals surface area contributed by atoms with Crippen molar-refractivity contribution in [2.24, 2.45) is 5.92 Å². The zero-order valence-electron chi connectivity index (χ0n) is 10.8. The third-order valence-electron chi connectivity index (χ3n) is 3.52. The molecule has 0 aliphatic heterocycles. The molecular weight excluding hydrogens is 286 g/mol. The SMILES string of the molecule is O=c1[nH]cc(S(=O)(=O)NC2CCCCC2CO)c(=O)[nH]1. The van der Waals surface area contributed by atoms with Crippen LogP contribution in [-0.2, 0) is 10.0 Å². The Balaban J connectivity index is 2.26. The summed E-state index contributed by atoms with van der Waals surface area (Å²) in [6.45, 7) is -0.102. The Bertz CT molecular complexity index is 678. The highest BCUT2D eigenvalue weighted by atomic mass is 32.2. The van der Waals surface area contributed by atoms with Crippen molar-refractivity contribution in [3.8, 4) is 0 Å². The molecule has 0 saturated heterocycles. The van der Waals surface area contributed by atoms with Crippen LogP contribution in [0.2, 0.25) is 0 Å². The number of sulfonamides is 1. The summed E-state index contributed by atoms with van der Waals surface area (Å²) in [4.78, 5) is 25.9. The van der Waals surface area contributed by atoms with Gasteiger partial charge in [0.05, 0.1) is 0 Å². The van der Waals surface area contributed by atoms with E-state index in [9.17, 15) is 23.1 Å². The topological polar surface area (TPSA) is 132 Å². The standard InChI is InChI=1S/C11H17N3O5S/c15-6-7-3-1-2-4-8(7)14-20(18,19)9-5-12-11(17)13-10(9)16/h5,7-8,14-15H,1-4,6H2,(H2,12,13,16,17). The Kier molecular flexibility index (Phi) is 4.41. The van der Waals surface area contributed by atoms with E-state index >= 15 is 0 Å². The Labute approximate surface area is 115 Å². The number of nitrogens with one attached hydrogen (secondary N) is 3.